The molecule has 0 fully saturated rings. The third kappa shape index (κ3) is 5.84. The number of nitrogens with zero attached hydrogens (tertiary/aromatic N) is 2. The second-order valence-corrected chi connectivity index (χ2v) is 7.71. The van der Waals surface area contributed by atoms with Gasteiger partial charge < -0.3 is 15.5 Å². The van der Waals surface area contributed by atoms with Crippen molar-refractivity contribution >= 4 is 27.7 Å². The molecular formula is C15H22N4O5S. The third-order valence-electron chi connectivity index (χ3n) is 3.22. The van der Waals surface area contributed by atoms with Crippen molar-refractivity contribution in [3.8, 4) is 0 Å². The van der Waals surface area contributed by atoms with Crippen molar-refractivity contribution in [3.63, 3.8) is 0 Å². The fourth-order valence-corrected chi connectivity index (χ4v) is 2.61. The molecule has 0 aliphatic heterocycles. The van der Waals surface area contributed by atoms with E-state index in [1.165, 1.54) is 43.3 Å². The van der Waals surface area contributed by atoms with Gasteiger partial charge in [0.25, 0.3) is 5.91 Å². The van der Waals surface area contributed by atoms with Crippen LogP contribution in [0.5, 0.6) is 0 Å². The van der Waals surface area contributed by atoms with Gasteiger partial charge in [-0.1, -0.05) is 6.07 Å². The molecule has 0 radical (unpaired) electrons. The predicted molar refractivity (Wildman–Crippen MR) is 91.4 cm³/mol. The van der Waals surface area contributed by atoms with Gasteiger partial charge in [-0.05, 0) is 18.2 Å². The molecule has 1 aromatic carbocycles. The van der Waals surface area contributed by atoms with Gasteiger partial charge in [0.2, 0.25) is 21.8 Å². The van der Waals surface area contributed by atoms with Gasteiger partial charge in [0.05, 0.1) is 18.0 Å². The summed E-state index contributed by atoms with van der Waals surface area (Å²) in [6.07, 6.45) is 0. The quantitative estimate of drug-likeness (QED) is 0.630. The van der Waals surface area contributed by atoms with Crippen molar-refractivity contribution < 1.29 is 22.8 Å². The Bertz CT molecular complexity index is 759. The smallest absolute Gasteiger partial charge is 0.251 e. The molecule has 0 heterocycles. The highest BCUT2D eigenvalue weighted by Crippen LogP contribution is 2.14. The fraction of sp³-hybridized carbons (Fsp3) is 0.400. The molecule has 10 heteroatoms. The van der Waals surface area contributed by atoms with E-state index in [0.717, 1.165) is 4.31 Å². The van der Waals surface area contributed by atoms with E-state index in [2.05, 4.69) is 10.6 Å². The maximum Gasteiger partial charge on any atom is 0.251 e. The molecule has 0 aromatic heterocycles. The van der Waals surface area contributed by atoms with Crippen LogP contribution in [0.3, 0.4) is 0 Å². The number of hydrogen-bond donors (Lipinski definition) is 2. The lowest BCUT2D eigenvalue weighted by Gasteiger charge is -2.13. The molecule has 0 saturated heterocycles. The molecule has 0 saturated carbocycles. The summed E-state index contributed by atoms with van der Waals surface area (Å²) in [7, 11) is 2.24. The lowest BCUT2D eigenvalue weighted by molar-refractivity contribution is -0.130. The van der Waals surface area contributed by atoms with Crippen molar-refractivity contribution in [1.29, 1.82) is 0 Å². The Morgan fingerprint density at radius 3 is 2.20 bits per heavy atom. The molecule has 0 unspecified atom stereocenters. The van der Waals surface area contributed by atoms with E-state index in [4.69, 9.17) is 0 Å². The van der Waals surface area contributed by atoms with Crippen LogP contribution in [-0.2, 0) is 19.6 Å². The Kier molecular flexibility index (Phi) is 7.07. The summed E-state index contributed by atoms with van der Waals surface area (Å²) in [5, 5.41) is 4.75. The summed E-state index contributed by atoms with van der Waals surface area (Å²) in [5.74, 6) is -1.40. The number of sulfonamides is 1. The van der Waals surface area contributed by atoms with Crippen LogP contribution in [-0.4, -0.2) is 76.6 Å². The molecule has 1 rings (SSSR count). The van der Waals surface area contributed by atoms with E-state index in [0.29, 0.717) is 0 Å². The molecule has 0 bridgehead atoms. The standard InChI is InChI=1S/C15H22N4O5S/c1-18(2)14(21)10-16-13(20)9-17-15(22)11-6-5-7-12(8-11)25(23,24)19(3)4/h5-8H,9-10H2,1-4H3,(H,16,20)(H,17,22). The maximum absolute atomic E-state index is 12.1. The Balaban J connectivity index is 2.67. The molecule has 138 valence electrons. The summed E-state index contributed by atoms with van der Waals surface area (Å²) in [6, 6.07) is 5.50. The topological polar surface area (TPSA) is 116 Å². The maximum atomic E-state index is 12.1. The number of hydrogen-bond acceptors (Lipinski definition) is 5. The largest absolute Gasteiger partial charge is 0.347 e. The summed E-state index contributed by atoms with van der Waals surface area (Å²) in [5.41, 5.74) is 0.111. The molecule has 2 N–H and O–H groups in total. The molecule has 25 heavy (non-hydrogen) atoms. The first kappa shape index (κ1) is 20.6. The molecule has 9 nitrogen and oxygen atoms in total. The summed E-state index contributed by atoms with van der Waals surface area (Å²) in [4.78, 5) is 36.4. The number of likely N-dealkylation sites (N-methyl/N-ethyl adjacent to an activating group) is 1. The van der Waals surface area contributed by atoms with Crippen LogP contribution in [0.25, 0.3) is 0 Å². The number of carbonyl (C=O) groups excluding carboxylic acids is 3. The van der Waals surface area contributed by atoms with Crippen LogP contribution in [0.15, 0.2) is 29.2 Å². The average molecular weight is 370 g/mol. The molecule has 0 atom stereocenters. The van der Waals surface area contributed by atoms with E-state index in [9.17, 15) is 22.8 Å². The lowest BCUT2D eigenvalue weighted by atomic mass is 10.2. The van der Waals surface area contributed by atoms with Gasteiger partial charge in [-0.25, -0.2) is 12.7 Å². The second kappa shape index (κ2) is 8.58. The minimum absolute atomic E-state index is 0.0221. The minimum Gasteiger partial charge on any atom is -0.347 e. The SMILES string of the molecule is CN(C)C(=O)CNC(=O)CNC(=O)c1cccc(S(=O)(=O)N(C)C)c1. The van der Waals surface area contributed by atoms with Gasteiger partial charge >= 0.3 is 0 Å². The van der Waals surface area contributed by atoms with E-state index in [1.54, 1.807) is 14.1 Å². The van der Waals surface area contributed by atoms with Gasteiger partial charge in [0.15, 0.2) is 0 Å². The molecular weight excluding hydrogens is 348 g/mol. The van der Waals surface area contributed by atoms with Crippen LogP contribution in [0.2, 0.25) is 0 Å². The van der Waals surface area contributed by atoms with Gasteiger partial charge in [0, 0.05) is 33.8 Å². The van der Waals surface area contributed by atoms with Crippen LogP contribution in [0, 0.1) is 0 Å². The molecule has 0 aliphatic rings. The molecule has 0 aliphatic carbocycles. The van der Waals surface area contributed by atoms with E-state index >= 15 is 0 Å². The number of rotatable bonds is 7. The summed E-state index contributed by atoms with van der Waals surface area (Å²) in [6.45, 7) is -0.498. The Morgan fingerprint density at radius 2 is 1.64 bits per heavy atom. The molecule has 1 aromatic rings. The minimum atomic E-state index is -3.66. The van der Waals surface area contributed by atoms with Gasteiger partial charge in [-0.3, -0.25) is 14.4 Å². The Labute approximate surface area is 147 Å². The molecule has 3 amide bonds. The van der Waals surface area contributed by atoms with Crippen molar-refractivity contribution in [1.82, 2.24) is 19.8 Å². The van der Waals surface area contributed by atoms with Gasteiger partial charge in [-0.15, -0.1) is 0 Å². The Morgan fingerprint density at radius 1 is 1.00 bits per heavy atom. The van der Waals surface area contributed by atoms with Crippen LogP contribution in [0.1, 0.15) is 10.4 Å². The first-order valence-electron chi connectivity index (χ1n) is 7.33. The van der Waals surface area contributed by atoms with Crippen LogP contribution >= 0.6 is 0 Å². The number of benzene rings is 1. The second-order valence-electron chi connectivity index (χ2n) is 5.56. The van der Waals surface area contributed by atoms with Gasteiger partial charge in [-0.2, -0.15) is 0 Å². The lowest BCUT2D eigenvalue weighted by Crippen LogP contribution is -2.41. The zero-order valence-electron chi connectivity index (χ0n) is 14.6. The summed E-state index contributed by atoms with van der Waals surface area (Å²) < 4.78 is 25.2. The van der Waals surface area contributed by atoms with E-state index < -0.39 is 21.8 Å². The van der Waals surface area contributed by atoms with E-state index in [1.807, 2.05) is 0 Å². The highest BCUT2D eigenvalue weighted by molar-refractivity contribution is 7.89. The molecule has 0 spiro atoms. The van der Waals surface area contributed by atoms with Crippen molar-refractivity contribution in [2.75, 3.05) is 41.3 Å². The number of carbonyl (C=O) groups is 3. The summed E-state index contributed by atoms with van der Waals surface area (Å²) >= 11 is 0. The number of nitrogens with one attached hydrogen (secondary N) is 2. The first-order valence-corrected chi connectivity index (χ1v) is 8.77. The van der Waals surface area contributed by atoms with Crippen LogP contribution < -0.4 is 10.6 Å². The zero-order chi connectivity index (χ0) is 19.2. The monoisotopic (exact) mass is 370 g/mol. The highest BCUT2D eigenvalue weighted by atomic mass is 32.2. The van der Waals surface area contributed by atoms with Crippen molar-refractivity contribution in [2.24, 2.45) is 0 Å². The Hall–Kier alpha value is -2.46. The van der Waals surface area contributed by atoms with Gasteiger partial charge in [0.1, 0.15) is 0 Å². The third-order valence-corrected chi connectivity index (χ3v) is 5.03. The number of amides is 3. The zero-order valence-corrected chi connectivity index (χ0v) is 15.4. The van der Waals surface area contributed by atoms with Crippen molar-refractivity contribution in [3.05, 3.63) is 29.8 Å². The fourth-order valence-electron chi connectivity index (χ4n) is 1.67. The highest BCUT2D eigenvalue weighted by Gasteiger charge is 2.19. The predicted octanol–water partition coefficient (Wildman–Crippen LogP) is -1.13. The average Bonchev–Trinajstić information content (AvgIpc) is 2.57. The van der Waals surface area contributed by atoms with Crippen LogP contribution in [0.4, 0.5) is 0 Å². The van der Waals surface area contributed by atoms with E-state index in [-0.39, 0.29) is 29.5 Å². The van der Waals surface area contributed by atoms with Crippen molar-refractivity contribution in [2.45, 2.75) is 4.90 Å². The normalized spacial score (nSPS) is 11.1. The first-order chi connectivity index (χ1) is 11.6.